The van der Waals surface area contributed by atoms with Gasteiger partial charge in [-0.05, 0) is 49.2 Å². The van der Waals surface area contributed by atoms with Crippen LogP contribution >= 0.6 is 0 Å². The van der Waals surface area contributed by atoms with Crippen LogP contribution in [0.25, 0.3) is 0 Å². The smallest absolute Gasteiger partial charge is 0.251 e. The number of primary sulfonamides is 1. The second-order valence-corrected chi connectivity index (χ2v) is 8.07. The highest BCUT2D eigenvalue weighted by atomic mass is 32.2. The van der Waals surface area contributed by atoms with Crippen LogP contribution < -0.4 is 15.4 Å². The van der Waals surface area contributed by atoms with Gasteiger partial charge in [0.15, 0.2) is 0 Å². The molecule has 1 heterocycles. The fourth-order valence-corrected chi connectivity index (χ4v) is 3.63. The molecule has 2 aromatic rings. The maximum atomic E-state index is 12.6. The molecule has 142 valence electrons. The van der Waals surface area contributed by atoms with E-state index in [1.807, 2.05) is 0 Å². The molecular formula is C19H21N3O4S. The molecular weight excluding hydrogens is 366 g/mol. The predicted molar refractivity (Wildman–Crippen MR) is 102 cm³/mol. The van der Waals surface area contributed by atoms with Crippen molar-refractivity contribution in [1.82, 2.24) is 5.32 Å². The Balaban J connectivity index is 1.76. The van der Waals surface area contributed by atoms with Crippen molar-refractivity contribution in [2.45, 2.75) is 30.7 Å². The highest BCUT2D eigenvalue weighted by Crippen LogP contribution is 2.23. The van der Waals surface area contributed by atoms with E-state index in [1.165, 1.54) is 12.1 Å². The van der Waals surface area contributed by atoms with E-state index in [9.17, 15) is 18.0 Å². The summed E-state index contributed by atoms with van der Waals surface area (Å²) in [6.45, 7) is 2.41. The van der Waals surface area contributed by atoms with Gasteiger partial charge in [-0.25, -0.2) is 13.6 Å². The van der Waals surface area contributed by atoms with E-state index in [2.05, 4.69) is 5.32 Å². The van der Waals surface area contributed by atoms with Gasteiger partial charge in [0.25, 0.3) is 5.91 Å². The maximum absolute atomic E-state index is 12.6. The van der Waals surface area contributed by atoms with E-state index in [0.717, 1.165) is 6.42 Å². The number of anilines is 1. The van der Waals surface area contributed by atoms with E-state index in [1.54, 1.807) is 48.2 Å². The second-order valence-electron chi connectivity index (χ2n) is 6.51. The van der Waals surface area contributed by atoms with Crippen molar-refractivity contribution >= 4 is 27.5 Å². The van der Waals surface area contributed by atoms with Crippen LogP contribution in [0.4, 0.5) is 5.69 Å². The number of nitrogens with zero attached hydrogens (tertiary/aromatic N) is 1. The van der Waals surface area contributed by atoms with Gasteiger partial charge in [-0.3, -0.25) is 9.59 Å². The monoisotopic (exact) mass is 387 g/mol. The van der Waals surface area contributed by atoms with E-state index in [-0.39, 0.29) is 16.7 Å². The first-order chi connectivity index (χ1) is 12.8. The van der Waals surface area contributed by atoms with Gasteiger partial charge >= 0.3 is 0 Å². The molecule has 0 radical (unpaired) electrons. The molecule has 0 spiro atoms. The lowest BCUT2D eigenvalue weighted by Crippen LogP contribution is -2.28. The summed E-state index contributed by atoms with van der Waals surface area (Å²) in [6, 6.07) is 12.6. The average molecular weight is 387 g/mol. The molecule has 2 aromatic carbocycles. The summed E-state index contributed by atoms with van der Waals surface area (Å²) in [6.07, 6.45) is 1.33. The molecule has 0 aliphatic carbocycles. The Morgan fingerprint density at radius 1 is 1.19 bits per heavy atom. The summed E-state index contributed by atoms with van der Waals surface area (Å²) in [7, 11) is -3.81. The lowest BCUT2D eigenvalue weighted by atomic mass is 10.1. The number of hydrogen-bond acceptors (Lipinski definition) is 4. The number of benzene rings is 2. The zero-order chi connectivity index (χ0) is 19.6. The van der Waals surface area contributed by atoms with Gasteiger partial charge in [0.2, 0.25) is 15.9 Å². The minimum Gasteiger partial charge on any atom is -0.346 e. The Bertz CT molecular complexity index is 988. The van der Waals surface area contributed by atoms with Crippen LogP contribution in [0.15, 0.2) is 53.4 Å². The van der Waals surface area contributed by atoms with Gasteiger partial charge < -0.3 is 10.2 Å². The zero-order valence-electron chi connectivity index (χ0n) is 14.9. The van der Waals surface area contributed by atoms with Crippen molar-refractivity contribution in [2.24, 2.45) is 5.14 Å². The van der Waals surface area contributed by atoms with E-state index in [0.29, 0.717) is 29.8 Å². The summed E-state index contributed by atoms with van der Waals surface area (Å²) in [5, 5.41) is 8.00. The van der Waals surface area contributed by atoms with Crippen LogP contribution in [0, 0.1) is 0 Å². The van der Waals surface area contributed by atoms with Crippen molar-refractivity contribution < 1.29 is 18.0 Å². The molecule has 0 unspecified atom stereocenters. The van der Waals surface area contributed by atoms with Crippen molar-refractivity contribution in [2.75, 3.05) is 11.4 Å². The van der Waals surface area contributed by atoms with Crippen molar-refractivity contribution in [1.29, 1.82) is 0 Å². The van der Waals surface area contributed by atoms with Crippen LogP contribution in [0.3, 0.4) is 0 Å². The number of rotatable bonds is 5. The van der Waals surface area contributed by atoms with Crippen LogP contribution in [0.1, 0.15) is 41.7 Å². The fraction of sp³-hybridized carbons (Fsp3) is 0.263. The standard InChI is InChI=1S/C19H21N3O4S/c1-13(14-5-3-8-17(12-14)27(20,25)26)21-19(24)15-6-2-7-16(11-15)22-10-4-9-18(22)23/h2-3,5-8,11-13H,4,9-10H2,1H3,(H,21,24)(H2,20,25,26)/t13-/m1/s1. The molecule has 3 rings (SSSR count). The number of carbonyl (C=O) groups excluding carboxylic acids is 2. The first-order valence-electron chi connectivity index (χ1n) is 8.60. The lowest BCUT2D eigenvalue weighted by Gasteiger charge is -2.18. The van der Waals surface area contributed by atoms with E-state index < -0.39 is 16.1 Å². The topological polar surface area (TPSA) is 110 Å². The third kappa shape index (κ3) is 4.35. The number of sulfonamides is 1. The summed E-state index contributed by atoms with van der Waals surface area (Å²) < 4.78 is 23.0. The lowest BCUT2D eigenvalue weighted by molar-refractivity contribution is -0.117. The Kier molecular flexibility index (Phi) is 5.29. The maximum Gasteiger partial charge on any atom is 0.251 e. The molecule has 8 heteroatoms. The number of hydrogen-bond donors (Lipinski definition) is 2. The van der Waals surface area contributed by atoms with Crippen LogP contribution in [-0.2, 0) is 14.8 Å². The molecule has 27 heavy (non-hydrogen) atoms. The largest absolute Gasteiger partial charge is 0.346 e. The quantitative estimate of drug-likeness (QED) is 0.817. The molecule has 0 aromatic heterocycles. The Hall–Kier alpha value is -2.71. The van der Waals surface area contributed by atoms with E-state index in [4.69, 9.17) is 5.14 Å². The van der Waals surface area contributed by atoms with E-state index >= 15 is 0 Å². The van der Waals surface area contributed by atoms with Gasteiger partial charge in [0, 0.05) is 24.2 Å². The van der Waals surface area contributed by atoms with Crippen LogP contribution in [-0.4, -0.2) is 26.8 Å². The van der Waals surface area contributed by atoms with Gasteiger partial charge in [-0.2, -0.15) is 0 Å². The SMILES string of the molecule is C[C@@H](NC(=O)c1cccc(N2CCCC2=O)c1)c1cccc(S(N)(=O)=O)c1. The molecule has 1 saturated heterocycles. The molecule has 0 bridgehead atoms. The Morgan fingerprint density at radius 3 is 2.59 bits per heavy atom. The second kappa shape index (κ2) is 7.50. The number of carbonyl (C=O) groups is 2. The number of amides is 2. The summed E-state index contributed by atoms with van der Waals surface area (Å²) in [5.74, 6) is -0.252. The molecule has 1 aliphatic rings. The summed E-state index contributed by atoms with van der Waals surface area (Å²) >= 11 is 0. The van der Waals surface area contributed by atoms with Gasteiger partial charge in [0.1, 0.15) is 0 Å². The van der Waals surface area contributed by atoms with Gasteiger partial charge in [0.05, 0.1) is 10.9 Å². The van der Waals surface area contributed by atoms with Crippen LogP contribution in [0.2, 0.25) is 0 Å². The van der Waals surface area contributed by atoms with Crippen molar-refractivity contribution in [3.63, 3.8) is 0 Å². The first kappa shape index (κ1) is 19.1. The van der Waals surface area contributed by atoms with Crippen molar-refractivity contribution in [3.05, 3.63) is 59.7 Å². The first-order valence-corrected chi connectivity index (χ1v) is 10.1. The van der Waals surface area contributed by atoms with Gasteiger partial charge in [-0.15, -0.1) is 0 Å². The molecule has 1 atom stereocenters. The van der Waals surface area contributed by atoms with Crippen LogP contribution in [0.5, 0.6) is 0 Å². The Morgan fingerprint density at radius 2 is 1.93 bits per heavy atom. The zero-order valence-corrected chi connectivity index (χ0v) is 15.7. The normalized spacial score (nSPS) is 15.6. The Labute approximate surface area is 158 Å². The minimum atomic E-state index is -3.81. The number of nitrogens with one attached hydrogen (secondary N) is 1. The molecule has 0 saturated carbocycles. The third-order valence-corrected chi connectivity index (χ3v) is 5.44. The predicted octanol–water partition coefficient (Wildman–Crippen LogP) is 1.95. The molecule has 2 amide bonds. The highest BCUT2D eigenvalue weighted by molar-refractivity contribution is 7.89. The molecule has 1 fully saturated rings. The highest BCUT2D eigenvalue weighted by Gasteiger charge is 2.22. The molecule has 7 nitrogen and oxygen atoms in total. The molecule has 1 aliphatic heterocycles. The summed E-state index contributed by atoms with van der Waals surface area (Å²) in [4.78, 5) is 26.2. The summed E-state index contributed by atoms with van der Waals surface area (Å²) in [5.41, 5.74) is 1.76. The fourth-order valence-electron chi connectivity index (χ4n) is 3.06. The van der Waals surface area contributed by atoms with Gasteiger partial charge in [-0.1, -0.05) is 18.2 Å². The average Bonchev–Trinajstić information content (AvgIpc) is 3.07. The third-order valence-electron chi connectivity index (χ3n) is 4.53. The van der Waals surface area contributed by atoms with Crippen molar-refractivity contribution in [3.8, 4) is 0 Å². The minimum absolute atomic E-state index is 0.00404. The number of nitrogens with two attached hydrogens (primary N) is 1. The molecule has 3 N–H and O–H groups in total.